The van der Waals surface area contributed by atoms with Gasteiger partial charge in [-0.15, -0.1) is 0 Å². The minimum absolute atomic E-state index is 0.112. The Hall–Kier alpha value is -2.39. The molecule has 0 saturated carbocycles. The van der Waals surface area contributed by atoms with E-state index in [9.17, 15) is 4.79 Å². The van der Waals surface area contributed by atoms with Gasteiger partial charge in [-0.3, -0.25) is 9.78 Å². The van der Waals surface area contributed by atoms with Crippen LogP contribution in [-0.4, -0.2) is 39.5 Å². The second-order valence-electron chi connectivity index (χ2n) is 7.88. The number of nitrogens with two attached hydrogens (primary N) is 1. The first kappa shape index (κ1) is 22.8. The van der Waals surface area contributed by atoms with Gasteiger partial charge < -0.3 is 16.0 Å². The number of benzene rings is 1. The summed E-state index contributed by atoms with van der Waals surface area (Å²) in [4.78, 5) is 28.5. The minimum Gasteiger partial charge on any atom is -0.355 e. The highest BCUT2D eigenvalue weighted by molar-refractivity contribution is 7.99. The summed E-state index contributed by atoms with van der Waals surface area (Å²) in [5.74, 6) is 0.455. The van der Waals surface area contributed by atoms with E-state index >= 15 is 0 Å². The molecule has 0 atom stereocenters. The number of pyridine rings is 1. The standard InChI is InChI=1S/C22H22Cl2N6OS/c1-22(25)6-9-30(10-7-22)18-12-28-19(13-27-18)32-17-4-2-3-16(20(17)24)29-21(31)14-11-26-8-5-15(14)23/h2-5,8,11-13H,6-7,9-10,25H2,1H3,(H,29,31). The summed E-state index contributed by atoms with van der Waals surface area (Å²) in [6, 6.07) is 6.96. The maximum Gasteiger partial charge on any atom is 0.258 e. The normalized spacial score (nSPS) is 15.4. The number of nitrogens with zero attached hydrogens (tertiary/aromatic N) is 4. The summed E-state index contributed by atoms with van der Waals surface area (Å²) < 4.78 is 0. The number of halogens is 2. The molecule has 1 aliphatic rings. The van der Waals surface area contributed by atoms with Crippen LogP contribution in [0.15, 0.2) is 59.0 Å². The molecule has 32 heavy (non-hydrogen) atoms. The van der Waals surface area contributed by atoms with Crippen LogP contribution < -0.4 is 16.0 Å². The van der Waals surface area contributed by atoms with Gasteiger partial charge in [-0.25, -0.2) is 9.97 Å². The molecule has 0 aliphatic carbocycles. The molecule has 3 heterocycles. The van der Waals surface area contributed by atoms with Crippen molar-refractivity contribution in [3.05, 3.63) is 64.7 Å². The number of hydrogen-bond donors (Lipinski definition) is 2. The van der Waals surface area contributed by atoms with E-state index in [1.54, 1.807) is 24.5 Å². The number of rotatable bonds is 5. The SMILES string of the molecule is CC1(N)CCN(c2cnc(Sc3cccc(NC(=O)c4cnccc4Cl)c3Cl)cn2)CC1. The van der Waals surface area contributed by atoms with Gasteiger partial charge >= 0.3 is 0 Å². The molecule has 3 aromatic rings. The molecule has 2 aromatic heterocycles. The Kier molecular flexibility index (Phi) is 6.85. The molecule has 0 unspecified atom stereocenters. The van der Waals surface area contributed by atoms with E-state index in [0.29, 0.717) is 20.8 Å². The van der Waals surface area contributed by atoms with Crippen molar-refractivity contribution in [2.45, 2.75) is 35.2 Å². The number of nitrogens with one attached hydrogen (secondary N) is 1. The highest BCUT2D eigenvalue weighted by Gasteiger charge is 2.26. The summed E-state index contributed by atoms with van der Waals surface area (Å²) in [6.07, 6.45) is 8.28. The Morgan fingerprint density at radius 1 is 1.16 bits per heavy atom. The summed E-state index contributed by atoms with van der Waals surface area (Å²) in [5, 5.41) is 4.23. The molecular weight excluding hydrogens is 467 g/mol. The molecule has 1 amide bonds. The zero-order valence-corrected chi connectivity index (χ0v) is 19.7. The molecule has 1 fully saturated rings. The number of piperidine rings is 1. The topological polar surface area (TPSA) is 97.0 Å². The lowest BCUT2D eigenvalue weighted by atomic mass is 9.91. The molecule has 1 aromatic carbocycles. The third kappa shape index (κ3) is 5.32. The predicted molar refractivity (Wildman–Crippen MR) is 129 cm³/mol. The van der Waals surface area contributed by atoms with Crippen molar-refractivity contribution in [2.24, 2.45) is 5.73 Å². The van der Waals surface area contributed by atoms with Crippen LogP contribution in [0.4, 0.5) is 11.5 Å². The highest BCUT2D eigenvalue weighted by atomic mass is 35.5. The van der Waals surface area contributed by atoms with Crippen molar-refractivity contribution < 1.29 is 4.79 Å². The van der Waals surface area contributed by atoms with Gasteiger partial charge in [0.2, 0.25) is 0 Å². The molecule has 7 nitrogen and oxygen atoms in total. The molecule has 0 radical (unpaired) electrons. The predicted octanol–water partition coefficient (Wildman–Crippen LogP) is 4.90. The monoisotopic (exact) mass is 488 g/mol. The van der Waals surface area contributed by atoms with Crippen LogP contribution in [0.3, 0.4) is 0 Å². The summed E-state index contributed by atoms with van der Waals surface area (Å²) >= 11 is 14.0. The summed E-state index contributed by atoms with van der Waals surface area (Å²) in [5.41, 5.74) is 6.85. The molecule has 1 saturated heterocycles. The zero-order valence-electron chi connectivity index (χ0n) is 17.4. The van der Waals surface area contributed by atoms with Crippen LogP contribution in [0.2, 0.25) is 10.0 Å². The lowest BCUT2D eigenvalue weighted by molar-refractivity contribution is 0.102. The second-order valence-corrected chi connectivity index (χ2v) is 9.73. The number of anilines is 2. The summed E-state index contributed by atoms with van der Waals surface area (Å²) in [6.45, 7) is 3.81. The van der Waals surface area contributed by atoms with E-state index < -0.39 is 0 Å². The lowest BCUT2D eigenvalue weighted by Gasteiger charge is -2.37. The Bertz CT molecular complexity index is 1120. The maximum atomic E-state index is 12.5. The lowest BCUT2D eigenvalue weighted by Crippen LogP contribution is -2.48. The fraction of sp³-hybridized carbons (Fsp3) is 0.273. The van der Waals surface area contributed by atoms with Gasteiger partial charge in [-0.1, -0.05) is 41.0 Å². The number of carbonyl (C=O) groups excluding carboxylic acids is 1. The quantitative estimate of drug-likeness (QED) is 0.526. The molecule has 0 bridgehead atoms. The Morgan fingerprint density at radius 3 is 2.62 bits per heavy atom. The third-order valence-electron chi connectivity index (χ3n) is 5.28. The Labute approximate surface area is 200 Å². The first-order chi connectivity index (χ1) is 15.3. The molecular formula is C22H22Cl2N6OS. The van der Waals surface area contributed by atoms with Crippen LogP contribution in [0.25, 0.3) is 0 Å². The summed E-state index contributed by atoms with van der Waals surface area (Å²) in [7, 11) is 0. The first-order valence-electron chi connectivity index (χ1n) is 10.1. The minimum atomic E-state index is -0.383. The molecule has 166 valence electrons. The van der Waals surface area contributed by atoms with E-state index in [1.165, 1.54) is 24.2 Å². The highest BCUT2D eigenvalue weighted by Crippen LogP contribution is 2.37. The zero-order chi connectivity index (χ0) is 22.7. The van der Waals surface area contributed by atoms with Gasteiger partial charge in [0, 0.05) is 35.9 Å². The van der Waals surface area contributed by atoms with Crippen molar-refractivity contribution in [2.75, 3.05) is 23.3 Å². The van der Waals surface area contributed by atoms with Gasteiger partial charge in [-0.2, -0.15) is 0 Å². The molecule has 10 heteroatoms. The van der Waals surface area contributed by atoms with E-state index in [-0.39, 0.29) is 17.0 Å². The fourth-order valence-corrected chi connectivity index (χ4v) is 4.57. The van der Waals surface area contributed by atoms with E-state index in [1.807, 2.05) is 12.1 Å². The molecule has 3 N–H and O–H groups in total. The van der Waals surface area contributed by atoms with Crippen molar-refractivity contribution >= 4 is 52.4 Å². The largest absolute Gasteiger partial charge is 0.355 e. The van der Waals surface area contributed by atoms with Gasteiger partial charge in [0.05, 0.1) is 33.7 Å². The van der Waals surface area contributed by atoms with Crippen molar-refractivity contribution in [3.8, 4) is 0 Å². The van der Waals surface area contributed by atoms with E-state index in [2.05, 4.69) is 32.1 Å². The third-order valence-corrected chi connectivity index (χ3v) is 7.11. The van der Waals surface area contributed by atoms with Crippen LogP contribution in [0.5, 0.6) is 0 Å². The van der Waals surface area contributed by atoms with Gasteiger partial charge in [-0.05, 0) is 38.0 Å². The Balaban J connectivity index is 1.45. The smallest absolute Gasteiger partial charge is 0.258 e. The average Bonchev–Trinajstić information content (AvgIpc) is 2.77. The van der Waals surface area contributed by atoms with E-state index in [0.717, 1.165) is 36.6 Å². The maximum absolute atomic E-state index is 12.5. The van der Waals surface area contributed by atoms with Crippen LogP contribution in [0, 0.1) is 0 Å². The van der Waals surface area contributed by atoms with Gasteiger partial charge in [0.15, 0.2) is 0 Å². The molecule has 1 aliphatic heterocycles. The number of hydrogen-bond acceptors (Lipinski definition) is 7. The van der Waals surface area contributed by atoms with Crippen molar-refractivity contribution in [1.82, 2.24) is 15.0 Å². The molecule has 0 spiro atoms. The van der Waals surface area contributed by atoms with Gasteiger partial charge in [0.1, 0.15) is 10.8 Å². The fourth-order valence-electron chi connectivity index (χ4n) is 3.31. The second kappa shape index (κ2) is 9.62. The van der Waals surface area contributed by atoms with Crippen molar-refractivity contribution in [1.29, 1.82) is 0 Å². The van der Waals surface area contributed by atoms with Crippen LogP contribution in [-0.2, 0) is 0 Å². The number of aromatic nitrogens is 3. The average molecular weight is 489 g/mol. The van der Waals surface area contributed by atoms with Crippen LogP contribution in [0.1, 0.15) is 30.1 Å². The number of amides is 1. The van der Waals surface area contributed by atoms with E-state index in [4.69, 9.17) is 28.9 Å². The number of carbonyl (C=O) groups is 1. The molecule has 4 rings (SSSR count). The first-order valence-corrected chi connectivity index (χ1v) is 11.6. The van der Waals surface area contributed by atoms with Crippen LogP contribution >= 0.6 is 35.0 Å². The van der Waals surface area contributed by atoms with Crippen molar-refractivity contribution in [3.63, 3.8) is 0 Å². The Morgan fingerprint density at radius 2 is 1.94 bits per heavy atom. The van der Waals surface area contributed by atoms with Gasteiger partial charge in [0.25, 0.3) is 5.91 Å².